The van der Waals surface area contributed by atoms with E-state index in [4.69, 9.17) is 4.74 Å². The highest BCUT2D eigenvalue weighted by Gasteiger charge is 2.40. The number of benzene rings is 1. The van der Waals surface area contributed by atoms with E-state index in [1.807, 2.05) is 12.1 Å². The van der Waals surface area contributed by atoms with E-state index in [1.54, 1.807) is 7.11 Å². The largest absolute Gasteiger partial charge is 0.497 e. The van der Waals surface area contributed by atoms with Gasteiger partial charge in [0.05, 0.1) is 13.2 Å². The molecule has 1 saturated carbocycles. The standard InChI is InChI=1S/C16H25NO2/c1-16(2)10-9-12(15(16)18)11-17(3)13-5-7-14(19-4)8-6-13/h5-8,12,15,18H,9-11H2,1-4H3. The number of nitrogens with zero attached hydrogens (tertiary/aromatic N) is 1. The van der Waals surface area contributed by atoms with Crippen LogP contribution >= 0.6 is 0 Å². The van der Waals surface area contributed by atoms with Gasteiger partial charge in [0.1, 0.15) is 5.75 Å². The minimum absolute atomic E-state index is 0.0609. The molecule has 1 aromatic rings. The summed E-state index contributed by atoms with van der Waals surface area (Å²) in [6.45, 7) is 5.22. The molecule has 0 heterocycles. The summed E-state index contributed by atoms with van der Waals surface area (Å²) in [5, 5.41) is 10.3. The number of hydrogen-bond donors (Lipinski definition) is 1. The van der Waals surface area contributed by atoms with E-state index >= 15 is 0 Å². The molecule has 2 rings (SSSR count). The predicted octanol–water partition coefficient (Wildman–Crippen LogP) is 2.93. The average molecular weight is 263 g/mol. The van der Waals surface area contributed by atoms with Crippen LogP contribution in [0.4, 0.5) is 5.69 Å². The molecule has 0 spiro atoms. The maximum absolute atomic E-state index is 10.3. The van der Waals surface area contributed by atoms with Crippen molar-refractivity contribution in [2.75, 3.05) is 25.6 Å². The number of rotatable bonds is 4. The molecule has 1 fully saturated rings. The Morgan fingerprint density at radius 1 is 1.32 bits per heavy atom. The van der Waals surface area contributed by atoms with Gasteiger partial charge in [-0.3, -0.25) is 0 Å². The van der Waals surface area contributed by atoms with Crippen LogP contribution in [0.3, 0.4) is 0 Å². The van der Waals surface area contributed by atoms with Gasteiger partial charge >= 0.3 is 0 Å². The Balaban J connectivity index is 1.99. The second-order valence-corrected chi connectivity index (χ2v) is 6.31. The fourth-order valence-electron chi connectivity index (χ4n) is 2.99. The Bertz CT molecular complexity index is 413. The van der Waals surface area contributed by atoms with Crippen molar-refractivity contribution in [2.24, 2.45) is 11.3 Å². The first-order valence-corrected chi connectivity index (χ1v) is 6.97. The van der Waals surface area contributed by atoms with Crippen LogP contribution in [0.25, 0.3) is 0 Å². The molecule has 1 aliphatic carbocycles. The van der Waals surface area contributed by atoms with Crippen molar-refractivity contribution < 1.29 is 9.84 Å². The van der Waals surface area contributed by atoms with Crippen molar-refractivity contribution in [2.45, 2.75) is 32.8 Å². The molecule has 0 bridgehead atoms. The van der Waals surface area contributed by atoms with Crippen molar-refractivity contribution in [1.29, 1.82) is 0 Å². The lowest BCUT2D eigenvalue weighted by Gasteiger charge is -2.29. The molecule has 1 aliphatic rings. The molecule has 106 valence electrons. The monoisotopic (exact) mass is 263 g/mol. The predicted molar refractivity (Wildman–Crippen MR) is 78.8 cm³/mol. The molecule has 2 atom stereocenters. The van der Waals surface area contributed by atoms with Crippen LogP contribution in [0.2, 0.25) is 0 Å². The summed E-state index contributed by atoms with van der Waals surface area (Å²) in [6.07, 6.45) is 2.01. The Kier molecular flexibility index (Phi) is 4.04. The Labute approximate surface area is 116 Å². The van der Waals surface area contributed by atoms with E-state index in [9.17, 15) is 5.11 Å². The molecule has 3 heteroatoms. The van der Waals surface area contributed by atoms with Crippen molar-refractivity contribution in [3.8, 4) is 5.75 Å². The molecule has 2 unspecified atom stereocenters. The Morgan fingerprint density at radius 2 is 1.95 bits per heavy atom. The summed E-state index contributed by atoms with van der Waals surface area (Å²) >= 11 is 0. The number of anilines is 1. The summed E-state index contributed by atoms with van der Waals surface area (Å²) in [5.41, 5.74) is 1.23. The highest BCUT2D eigenvalue weighted by atomic mass is 16.5. The summed E-state index contributed by atoms with van der Waals surface area (Å²) in [6, 6.07) is 8.07. The van der Waals surface area contributed by atoms with Crippen molar-refractivity contribution in [3.05, 3.63) is 24.3 Å². The third kappa shape index (κ3) is 3.03. The first-order valence-electron chi connectivity index (χ1n) is 6.97. The van der Waals surface area contributed by atoms with Crippen LogP contribution in [0.15, 0.2) is 24.3 Å². The molecule has 3 nitrogen and oxygen atoms in total. The van der Waals surface area contributed by atoms with Crippen molar-refractivity contribution in [1.82, 2.24) is 0 Å². The minimum Gasteiger partial charge on any atom is -0.497 e. The van der Waals surface area contributed by atoms with E-state index in [0.29, 0.717) is 5.92 Å². The van der Waals surface area contributed by atoms with Crippen molar-refractivity contribution in [3.63, 3.8) is 0 Å². The van der Waals surface area contributed by atoms with E-state index < -0.39 is 0 Å². The van der Waals surface area contributed by atoms with Crippen LogP contribution in [0.1, 0.15) is 26.7 Å². The smallest absolute Gasteiger partial charge is 0.119 e. The zero-order chi connectivity index (χ0) is 14.0. The molecule has 1 aromatic carbocycles. The van der Waals surface area contributed by atoms with Gasteiger partial charge in [0.2, 0.25) is 0 Å². The molecule has 0 amide bonds. The molecule has 0 radical (unpaired) electrons. The second kappa shape index (κ2) is 5.41. The molecule has 19 heavy (non-hydrogen) atoms. The molecule has 0 aromatic heterocycles. The highest BCUT2D eigenvalue weighted by Crippen LogP contribution is 2.41. The molecule has 1 N–H and O–H groups in total. The second-order valence-electron chi connectivity index (χ2n) is 6.31. The first kappa shape index (κ1) is 14.2. The minimum atomic E-state index is -0.201. The lowest BCUT2D eigenvalue weighted by Crippen LogP contribution is -2.34. The zero-order valence-electron chi connectivity index (χ0n) is 12.4. The lowest BCUT2D eigenvalue weighted by atomic mass is 9.87. The number of hydrogen-bond acceptors (Lipinski definition) is 3. The third-order valence-corrected chi connectivity index (χ3v) is 4.43. The Morgan fingerprint density at radius 3 is 2.42 bits per heavy atom. The van der Waals surface area contributed by atoms with Crippen molar-refractivity contribution >= 4 is 5.69 Å². The SMILES string of the molecule is COc1ccc(N(C)CC2CCC(C)(C)C2O)cc1. The van der Waals surface area contributed by atoms with Gasteiger partial charge in [-0.05, 0) is 42.5 Å². The maximum atomic E-state index is 10.3. The summed E-state index contributed by atoms with van der Waals surface area (Å²) in [4.78, 5) is 2.22. The van der Waals surface area contributed by atoms with Gasteiger partial charge in [0.25, 0.3) is 0 Å². The van der Waals surface area contributed by atoms with E-state index in [2.05, 4.69) is 37.9 Å². The molecule has 0 saturated heterocycles. The van der Waals surface area contributed by atoms with Crippen LogP contribution < -0.4 is 9.64 Å². The molecular weight excluding hydrogens is 238 g/mol. The van der Waals surface area contributed by atoms with Gasteiger partial charge in [0, 0.05) is 25.2 Å². The summed E-state index contributed by atoms with van der Waals surface area (Å²) in [5.74, 6) is 1.24. The fourth-order valence-corrected chi connectivity index (χ4v) is 2.99. The van der Waals surface area contributed by atoms with Crippen LogP contribution in [0, 0.1) is 11.3 Å². The number of ether oxygens (including phenoxy) is 1. The topological polar surface area (TPSA) is 32.7 Å². The van der Waals surface area contributed by atoms with Gasteiger partial charge in [0.15, 0.2) is 0 Å². The van der Waals surface area contributed by atoms with Gasteiger partial charge in [-0.2, -0.15) is 0 Å². The fraction of sp³-hybridized carbons (Fsp3) is 0.625. The van der Waals surface area contributed by atoms with E-state index in [-0.39, 0.29) is 11.5 Å². The maximum Gasteiger partial charge on any atom is 0.119 e. The van der Waals surface area contributed by atoms with Gasteiger partial charge < -0.3 is 14.7 Å². The van der Waals surface area contributed by atoms with E-state index in [0.717, 1.165) is 30.8 Å². The highest BCUT2D eigenvalue weighted by molar-refractivity contribution is 5.48. The average Bonchev–Trinajstić information content (AvgIpc) is 2.66. The third-order valence-electron chi connectivity index (χ3n) is 4.43. The molecule has 0 aliphatic heterocycles. The number of methoxy groups -OCH3 is 1. The van der Waals surface area contributed by atoms with Gasteiger partial charge in [-0.15, -0.1) is 0 Å². The lowest BCUT2D eigenvalue weighted by molar-refractivity contribution is 0.0484. The quantitative estimate of drug-likeness (QED) is 0.906. The zero-order valence-corrected chi connectivity index (χ0v) is 12.4. The Hall–Kier alpha value is -1.22. The first-order chi connectivity index (χ1) is 8.94. The van der Waals surface area contributed by atoms with Crippen LogP contribution in [0.5, 0.6) is 5.75 Å². The molecular formula is C16H25NO2. The van der Waals surface area contributed by atoms with E-state index in [1.165, 1.54) is 0 Å². The number of aliphatic hydroxyl groups is 1. The normalized spacial score (nSPS) is 25.3. The summed E-state index contributed by atoms with van der Waals surface area (Å²) in [7, 11) is 3.76. The number of aliphatic hydroxyl groups excluding tert-OH is 1. The summed E-state index contributed by atoms with van der Waals surface area (Å²) < 4.78 is 5.17. The van der Waals surface area contributed by atoms with Gasteiger partial charge in [-0.25, -0.2) is 0 Å². The van der Waals surface area contributed by atoms with Crippen LogP contribution in [-0.2, 0) is 0 Å². The van der Waals surface area contributed by atoms with Crippen LogP contribution in [-0.4, -0.2) is 31.9 Å². The van der Waals surface area contributed by atoms with Gasteiger partial charge in [-0.1, -0.05) is 13.8 Å².